The Morgan fingerprint density at radius 1 is 1.52 bits per heavy atom. The lowest BCUT2D eigenvalue weighted by Gasteiger charge is -2.14. The molecule has 5 heteroatoms. The van der Waals surface area contributed by atoms with E-state index in [-0.39, 0.29) is 5.91 Å². The first-order chi connectivity index (χ1) is 10.1. The number of rotatable bonds is 3. The van der Waals surface area contributed by atoms with E-state index in [9.17, 15) is 4.79 Å². The minimum atomic E-state index is 0.186. The van der Waals surface area contributed by atoms with Crippen LogP contribution in [0.1, 0.15) is 24.6 Å². The van der Waals surface area contributed by atoms with Gasteiger partial charge in [-0.15, -0.1) is 11.3 Å². The van der Waals surface area contributed by atoms with E-state index in [1.54, 1.807) is 18.3 Å². The maximum atomic E-state index is 11.4. The van der Waals surface area contributed by atoms with Gasteiger partial charge in [0.25, 0.3) is 0 Å². The Morgan fingerprint density at radius 3 is 3.05 bits per heavy atom. The first-order valence-electron chi connectivity index (χ1n) is 7.25. The third kappa shape index (κ3) is 3.29. The van der Waals surface area contributed by atoms with Gasteiger partial charge in [0.15, 0.2) is 0 Å². The lowest BCUT2D eigenvalue weighted by atomic mass is 9.99. The van der Waals surface area contributed by atoms with Gasteiger partial charge in [-0.1, -0.05) is 0 Å². The summed E-state index contributed by atoms with van der Waals surface area (Å²) in [7, 11) is 0. The molecule has 0 unspecified atom stereocenters. The van der Waals surface area contributed by atoms with Gasteiger partial charge in [0.05, 0.1) is 5.69 Å². The average molecular weight is 301 g/mol. The largest absolute Gasteiger partial charge is 0.343 e. The second-order valence-corrected chi connectivity index (χ2v) is 6.53. The Kier molecular flexibility index (Phi) is 4.01. The monoisotopic (exact) mass is 301 g/mol. The molecule has 1 aliphatic rings. The molecule has 0 bridgehead atoms. The number of hydrogen-bond acceptors (Lipinski definition) is 4. The SMILES string of the molecule is CC(=O)N1CC[C@H](Cc2ccnc(-c3nc(C)cs3)c2)C1. The molecule has 0 aliphatic carbocycles. The maximum absolute atomic E-state index is 11.4. The van der Waals surface area contributed by atoms with E-state index in [0.29, 0.717) is 5.92 Å². The Morgan fingerprint density at radius 2 is 2.38 bits per heavy atom. The van der Waals surface area contributed by atoms with Crippen LogP contribution in [0.25, 0.3) is 10.7 Å². The summed E-state index contributed by atoms with van der Waals surface area (Å²) in [6, 6.07) is 4.20. The Balaban J connectivity index is 1.71. The molecule has 1 fully saturated rings. The van der Waals surface area contributed by atoms with Gasteiger partial charge in [-0.05, 0) is 43.4 Å². The van der Waals surface area contributed by atoms with Crippen LogP contribution in [-0.2, 0) is 11.2 Å². The van der Waals surface area contributed by atoms with Crippen molar-refractivity contribution < 1.29 is 4.79 Å². The lowest BCUT2D eigenvalue weighted by Crippen LogP contribution is -2.26. The van der Waals surface area contributed by atoms with E-state index in [1.165, 1.54) is 5.56 Å². The number of aromatic nitrogens is 2. The quantitative estimate of drug-likeness (QED) is 0.875. The molecular formula is C16H19N3OS. The summed E-state index contributed by atoms with van der Waals surface area (Å²) in [5.41, 5.74) is 3.27. The van der Waals surface area contributed by atoms with E-state index in [0.717, 1.165) is 42.3 Å². The predicted octanol–water partition coefficient (Wildman–Crippen LogP) is 2.92. The van der Waals surface area contributed by atoms with Gasteiger partial charge in [0.1, 0.15) is 5.01 Å². The van der Waals surface area contributed by atoms with Crippen molar-refractivity contribution in [1.29, 1.82) is 0 Å². The van der Waals surface area contributed by atoms with Crippen molar-refractivity contribution in [3.8, 4) is 10.7 Å². The highest BCUT2D eigenvalue weighted by molar-refractivity contribution is 7.13. The predicted molar refractivity (Wildman–Crippen MR) is 84.1 cm³/mol. The first-order valence-corrected chi connectivity index (χ1v) is 8.13. The summed E-state index contributed by atoms with van der Waals surface area (Å²) < 4.78 is 0. The third-order valence-electron chi connectivity index (χ3n) is 3.92. The number of pyridine rings is 1. The molecule has 2 aromatic rings. The topological polar surface area (TPSA) is 46.1 Å². The summed E-state index contributed by atoms with van der Waals surface area (Å²) in [4.78, 5) is 22.3. The number of hydrogen-bond donors (Lipinski definition) is 0. The number of amides is 1. The molecule has 1 amide bonds. The van der Waals surface area contributed by atoms with Gasteiger partial charge in [-0.3, -0.25) is 9.78 Å². The summed E-state index contributed by atoms with van der Waals surface area (Å²) in [6.07, 6.45) is 3.95. The number of likely N-dealkylation sites (tertiary alicyclic amines) is 1. The van der Waals surface area contributed by atoms with E-state index < -0.39 is 0 Å². The molecule has 3 rings (SSSR count). The molecule has 0 aromatic carbocycles. The van der Waals surface area contributed by atoms with Gasteiger partial charge in [-0.2, -0.15) is 0 Å². The van der Waals surface area contributed by atoms with Crippen molar-refractivity contribution in [1.82, 2.24) is 14.9 Å². The zero-order valence-corrected chi connectivity index (χ0v) is 13.2. The van der Waals surface area contributed by atoms with Crippen molar-refractivity contribution in [3.05, 3.63) is 35.0 Å². The number of carbonyl (C=O) groups excluding carboxylic acids is 1. The van der Waals surface area contributed by atoms with Crippen molar-refractivity contribution in [2.45, 2.75) is 26.7 Å². The Bertz CT molecular complexity index is 652. The highest BCUT2D eigenvalue weighted by atomic mass is 32.1. The molecule has 1 saturated heterocycles. The summed E-state index contributed by atoms with van der Waals surface area (Å²) in [6.45, 7) is 5.42. The molecular weight excluding hydrogens is 282 g/mol. The van der Waals surface area contributed by atoms with Crippen LogP contribution in [0.3, 0.4) is 0 Å². The van der Waals surface area contributed by atoms with E-state index in [2.05, 4.69) is 22.1 Å². The lowest BCUT2D eigenvalue weighted by molar-refractivity contribution is -0.127. The van der Waals surface area contributed by atoms with Crippen LogP contribution in [0.4, 0.5) is 0 Å². The number of nitrogens with zero attached hydrogens (tertiary/aromatic N) is 3. The normalized spacial score (nSPS) is 18.2. The average Bonchev–Trinajstić information content (AvgIpc) is 3.08. The molecule has 0 radical (unpaired) electrons. The molecule has 4 nitrogen and oxygen atoms in total. The maximum Gasteiger partial charge on any atom is 0.219 e. The van der Waals surface area contributed by atoms with Crippen molar-refractivity contribution in [2.75, 3.05) is 13.1 Å². The van der Waals surface area contributed by atoms with Crippen LogP contribution >= 0.6 is 11.3 Å². The van der Waals surface area contributed by atoms with E-state index in [4.69, 9.17) is 0 Å². The highest BCUT2D eigenvalue weighted by Gasteiger charge is 2.24. The Labute approximate surface area is 128 Å². The fourth-order valence-electron chi connectivity index (χ4n) is 2.81. The Hall–Kier alpha value is -1.75. The fourth-order valence-corrected chi connectivity index (χ4v) is 3.57. The van der Waals surface area contributed by atoms with Gasteiger partial charge in [0.2, 0.25) is 5.91 Å². The molecule has 110 valence electrons. The van der Waals surface area contributed by atoms with Crippen LogP contribution in [0.2, 0.25) is 0 Å². The molecule has 1 atom stereocenters. The number of carbonyl (C=O) groups is 1. The highest BCUT2D eigenvalue weighted by Crippen LogP contribution is 2.25. The minimum Gasteiger partial charge on any atom is -0.343 e. The third-order valence-corrected chi connectivity index (χ3v) is 4.90. The van der Waals surface area contributed by atoms with Crippen molar-refractivity contribution in [3.63, 3.8) is 0 Å². The smallest absolute Gasteiger partial charge is 0.219 e. The van der Waals surface area contributed by atoms with Gasteiger partial charge in [0, 0.05) is 37.3 Å². The standard InChI is InChI=1S/C16H19N3OS/c1-11-10-21-16(18-11)15-8-13(3-5-17-15)7-14-4-6-19(9-14)12(2)20/h3,5,8,10,14H,4,6-7,9H2,1-2H3/t14-/m1/s1. The van der Waals surface area contributed by atoms with E-state index in [1.807, 2.05) is 23.4 Å². The molecule has 0 spiro atoms. The second-order valence-electron chi connectivity index (χ2n) is 5.67. The number of thiazole rings is 1. The zero-order chi connectivity index (χ0) is 14.8. The van der Waals surface area contributed by atoms with Gasteiger partial charge < -0.3 is 4.90 Å². The van der Waals surface area contributed by atoms with Crippen molar-refractivity contribution >= 4 is 17.2 Å². The van der Waals surface area contributed by atoms with Crippen LogP contribution in [0, 0.1) is 12.8 Å². The summed E-state index contributed by atoms with van der Waals surface area (Å²) >= 11 is 1.63. The van der Waals surface area contributed by atoms with Crippen LogP contribution in [0.15, 0.2) is 23.7 Å². The summed E-state index contributed by atoms with van der Waals surface area (Å²) in [5, 5.41) is 3.02. The van der Waals surface area contributed by atoms with Gasteiger partial charge in [-0.25, -0.2) is 4.98 Å². The van der Waals surface area contributed by atoms with Crippen LogP contribution in [-0.4, -0.2) is 33.9 Å². The van der Waals surface area contributed by atoms with Crippen LogP contribution in [0.5, 0.6) is 0 Å². The van der Waals surface area contributed by atoms with Crippen LogP contribution < -0.4 is 0 Å². The fraction of sp³-hybridized carbons (Fsp3) is 0.438. The summed E-state index contributed by atoms with van der Waals surface area (Å²) in [5.74, 6) is 0.744. The molecule has 2 aromatic heterocycles. The molecule has 0 saturated carbocycles. The number of aryl methyl sites for hydroxylation is 1. The zero-order valence-electron chi connectivity index (χ0n) is 12.4. The molecule has 21 heavy (non-hydrogen) atoms. The first kappa shape index (κ1) is 14.2. The molecule has 0 N–H and O–H groups in total. The molecule has 1 aliphatic heterocycles. The van der Waals surface area contributed by atoms with Crippen molar-refractivity contribution in [2.24, 2.45) is 5.92 Å². The van der Waals surface area contributed by atoms with E-state index >= 15 is 0 Å². The molecule has 3 heterocycles. The second kappa shape index (κ2) is 5.93. The van der Waals surface area contributed by atoms with Gasteiger partial charge >= 0.3 is 0 Å². The minimum absolute atomic E-state index is 0.186.